The summed E-state index contributed by atoms with van der Waals surface area (Å²) in [4.78, 5) is 24.4. The number of ether oxygens (including phenoxy) is 1. The predicted molar refractivity (Wildman–Crippen MR) is 109 cm³/mol. The quantitative estimate of drug-likeness (QED) is 0.579. The summed E-state index contributed by atoms with van der Waals surface area (Å²) in [7, 11) is 0. The molecule has 2 heterocycles. The molecule has 2 aliphatic heterocycles. The van der Waals surface area contributed by atoms with E-state index in [-0.39, 0.29) is 17.3 Å². The zero-order valence-corrected chi connectivity index (χ0v) is 16.8. The molecule has 2 aliphatic rings. The van der Waals surface area contributed by atoms with Gasteiger partial charge in [-0.1, -0.05) is 55.6 Å². The normalized spacial score (nSPS) is 19.3. The largest absolute Gasteiger partial charge is 0.489 e. The number of carbonyl (C=O) groups is 2. The molecule has 6 heteroatoms. The lowest BCUT2D eigenvalue weighted by Crippen LogP contribution is -2.34. The molecule has 1 N–H and O–H groups in total. The number of rotatable bonds is 11. The predicted octanol–water partition coefficient (Wildman–Crippen LogP) is 4.01. The Morgan fingerprint density at radius 2 is 1.85 bits per heavy atom. The van der Waals surface area contributed by atoms with Crippen LogP contribution in [0.4, 0.5) is 4.79 Å². The summed E-state index contributed by atoms with van der Waals surface area (Å²) in [6.45, 7) is 2.55. The summed E-state index contributed by atoms with van der Waals surface area (Å²) in [6, 6.07) is 8.33. The lowest BCUT2D eigenvalue weighted by molar-refractivity contribution is -0.124. The van der Waals surface area contributed by atoms with Crippen molar-refractivity contribution in [3.05, 3.63) is 29.8 Å². The average molecular weight is 391 g/mol. The van der Waals surface area contributed by atoms with Gasteiger partial charge in [0.1, 0.15) is 11.9 Å². The smallest absolute Gasteiger partial charge is 0.288 e. The van der Waals surface area contributed by atoms with Crippen LogP contribution in [-0.4, -0.2) is 47.5 Å². The van der Waals surface area contributed by atoms with Crippen molar-refractivity contribution in [3.63, 3.8) is 0 Å². The van der Waals surface area contributed by atoms with Gasteiger partial charge in [-0.2, -0.15) is 0 Å². The highest BCUT2D eigenvalue weighted by Crippen LogP contribution is 2.26. The highest BCUT2D eigenvalue weighted by Gasteiger charge is 2.28. The number of amides is 2. The number of hydrogen-bond acceptors (Lipinski definition) is 5. The van der Waals surface area contributed by atoms with E-state index >= 15 is 0 Å². The molecule has 0 saturated carbocycles. The van der Waals surface area contributed by atoms with Crippen LogP contribution in [0.15, 0.2) is 24.3 Å². The molecule has 2 amide bonds. The number of fused-ring (bicyclic) bond motifs is 1. The van der Waals surface area contributed by atoms with Gasteiger partial charge in [-0.15, -0.1) is 0 Å². The van der Waals surface area contributed by atoms with Gasteiger partial charge in [0.2, 0.25) is 5.91 Å². The van der Waals surface area contributed by atoms with E-state index in [4.69, 9.17) is 4.74 Å². The number of hydrogen-bond donors (Lipinski definition) is 1. The Hall–Kier alpha value is -1.53. The number of para-hydroxylation sites is 1. The van der Waals surface area contributed by atoms with Crippen LogP contribution in [0, 0.1) is 0 Å². The van der Waals surface area contributed by atoms with E-state index < -0.39 is 0 Å². The monoisotopic (exact) mass is 390 g/mol. The van der Waals surface area contributed by atoms with Crippen molar-refractivity contribution in [1.29, 1.82) is 0 Å². The van der Waals surface area contributed by atoms with E-state index in [9.17, 15) is 9.59 Å². The van der Waals surface area contributed by atoms with Gasteiger partial charge in [0, 0.05) is 13.1 Å². The Morgan fingerprint density at radius 3 is 2.67 bits per heavy atom. The summed E-state index contributed by atoms with van der Waals surface area (Å²) in [5.41, 5.74) is 1.32. The van der Waals surface area contributed by atoms with Gasteiger partial charge in [-0.05, 0) is 43.9 Å². The summed E-state index contributed by atoms with van der Waals surface area (Å²) in [6.07, 6.45) is 9.29. The third-order valence-corrected chi connectivity index (χ3v) is 6.06. The number of nitrogens with one attached hydrogen (secondary N) is 1. The molecule has 3 rings (SSSR count). The lowest BCUT2D eigenvalue weighted by atomic mass is 10.0. The van der Waals surface area contributed by atoms with Crippen molar-refractivity contribution in [3.8, 4) is 5.75 Å². The molecule has 0 aromatic heterocycles. The highest BCUT2D eigenvalue weighted by molar-refractivity contribution is 8.14. The molecule has 5 nitrogen and oxygen atoms in total. The zero-order chi connectivity index (χ0) is 18.9. The first-order valence-electron chi connectivity index (χ1n) is 10.2. The number of benzene rings is 1. The van der Waals surface area contributed by atoms with E-state index in [2.05, 4.69) is 23.5 Å². The molecule has 27 heavy (non-hydrogen) atoms. The number of nitrogens with zero attached hydrogens (tertiary/aromatic N) is 1. The number of imide groups is 1. The summed E-state index contributed by atoms with van der Waals surface area (Å²) < 4.78 is 6.05. The second kappa shape index (κ2) is 10.7. The third kappa shape index (κ3) is 6.25. The van der Waals surface area contributed by atoms with Crippen molar-refractivity contribution in [1.82, 2.24) is 10.2 Å². The molecular formula is C21H30N2O3S. The number of thioether (sulfide) groups is 1. The topological polar surface area (TPSA) is 58.6 Å². The molecule has 1 aromatic carbocycles. The number of carbonyl (C=O) groups excluding carboxylic acids is 2. The molecule has 0 spiro atoms. The average Bonchev–Trinajstić information content (AvgIpc) is 3.01. The SMILES string of the molecule is O=C1CSC(=O)N1CCCCCCCCNCC1CCc2ccccc2O1. The fraction of sp³-hybridized carbons (Fsp3) is 0.619. The first-order chi connectivity index (χ1) is 13.2. The lowest BCUT2D eigenvalue weighted by Gasteiger charge is -2.26. The van der Waals surface area contributed by atoms with Gasteiger partial charge in [-0.25, -0.2) is 0 Å². The van der Waals surface area contributed by atoms with E-state index in [0.29, 0.717) is 12.3 Å². The van der Waals surface area contributed by atoms with Crippen LogP contribution < -0.4 is 10.1 Å². The Bertz CT molecular complexity index is 622. The van der Waals surface area contributed by atoms with Crippen LogP contribution in [0.25, 0.3) is 0 Å². The van der Waals surface area contributed by atoms with E-state index in [1.54, 1.807) is 0 Å². The van der Waals surface area contributed by atoms with Gasteiger partial charge in [-0.3, -0.25) is 14.5 Å². The minimum atomic E-state index is -0.0727. The minimum Gasteiger partial charge on any atom is -0.489 e. The van der Waals surface area contributed by atoms with Crippen LogP contribution in [0.2, 0.25) is 0 Å². The second-order valence-corrected chi connectivity index (χ2v) is 8.24. The van der Waals surface area contributed by atoms with Crippen LogP contribution in [0.1, 0.15) is 50.5 Å². The maximum atomic E-state index is 11.5. The van der Waals surface area contributed by atoms with Gasteiger partial charge in [0.25, 0.3) is 5.24 Å². The van der Waals surface area contributed by atoms with E-state index in [0.717, 1.165) is 56.3 Å². The van der Waals surface area contributed by atoms with Crippen molar-refractivity contribution in [2.45, 2.75) is 57.5 Å². The zero-order valence-electron chi connectivity index (χ0n) is 16.0. The fourth-order valence-corrected chi connectivity index (χ4v) is 4.36. The van der Waals surface area contributed by atoms with Crippen molar-refractivity contribution < 1.29 is 14.3 Å². The Balaban J connectivity index is 1.14. The van der Waals surface area contributed by atoms with Crippen molar-refractivity contribution in [2.24, 2.45) is 0 Å². The maximum absolute atomic E-state index is 11.5. The molecule has 1 atom stereocenters. The Labute approximate surface area is 166 Å². The maximum Gasteiger partial charge on any atom is 0.288 e. The summed E-state index contributed by atoms with van der Waals surface area (Å²) >= 11 is 1.12. The van der Waals surface area contributed by atoms with Gasteiger partial charge in [0.05, 0.1) is 5.75 Å². The van der Waals surface area contributed by atoms with Crippen molar-refractivity contribution in [2.75, 3.05) is 25.4 Å². The number of aryl methyl sites for hydroxylation is 1. The molecule has 0 radical (unpaired) electrons. The summed E-state index contributed by atoms with van der Waals surface area (Å²) in [5, 5.41) is 3.45. The number of unbranched alkanes of at least 4 members (excludes halogenated alkanes) is 5. The Morgan fingerprint density at radius 1 is 1.07 bits per heavy atom. The highest BCUT2D eigenvalue weighted by atomic mass is 32.2. The first kappa shape index (κ1) is 20.2. The molecule has 148 valence electrons. The van der Waals surface area contributed by atoms with Crippen LogP contribution in [0.5, 0.6) is 5.75 Å². The molecule has 1 aromatic rings. The second-order valence-electron chi connectivity index (χ2n) is 7.31. The van der Waals surface area contributed by atoms with Crippen molar-refractivity contribution >= 4 is 22.9 Å². The van der Waals surface area contributed by atoms with Crippen LogP contribution >= 0.6 is 11.8 Å². The standard InChI is InChI=1S/C21H30N2O3S/c24-20-16-27-21(25)23(20)14-8-4-2-1-3-7-13-22-15-18-12-11-17-9-5-6-10-19(17)26-18/h5-6,9-10,18,22H,1-4,7-8,11-16H2. The molecule has 1 fully saturated rings. The third-order valence-electron chi connectivity index (χ3n) is 5.20. The van der Waals surface area contributed by atoms with Crippen LogP contribution in [0.3, 0.4) is 0 Å². The molecule has 1 unspecified atom stereocenters. The van der Waals surface area contributed by atoms with E-state index in [1.807, 2.05) is 6.07 Å². The van der Waals surface area contributed by atoms with Gasteiger partial charge in [0.15, 0.2) is 0 Å². The van der Waals surface area contributed by atoms with Gasteiger partial charge >= 0.3 is 0 Å². The fourth-order valence-electron chi connectivity index (χ4n) is 3.61. The van der Waals surface area contributed by atoms with Gasteiger partial charge < -0.3 is 10.1 Å². The van der Waals surface area contributed by atoms with Crippen LogP contribution in [-0.2, 0) is 11.2 Å². The molecule has 1 saturated heterocycles. The van der Waals surface area contributed by atoms with E-state index in [1.165, 1.54) is 36.1 Å². The Kier molecular flexibility index (Phi) is 8.02. The molecule has 0 aliphatic carbocycles. The summed E-state index contributed by atoms with van der Waals surface area (Å²) in [5.74, 6) is 1.34. The first-order valence-corrected chi connectivity index (χ1v) is 11.1. The molecule has 0 bridgehead atoms. The molecular weight excluding hydrogens is 360 g/mol. The minimum absolute atomic E-state index is 0.0264.